The molecule has 1 aromatic carbocycles. The van der Waals surface area contributed by atoms with E-state index in [9.17, 15) is 0 Å². The third kappa shape index (κ3) is 2.02. The third-order valence-corrected chi connectivity index (χ3v) is 2.75. The van der Waals surface area contributed by atoms with Gasteiger partial charge in [-0.3, -0.25) is 0 Å². The van der Waals surface area contributed by atoms with Gasteiger partial charge in [0.25, 0.3) is 5.89 Å². The maximum Gasteiger partial charge on any atom is 0.252 e. The second-order valence-corrected chi connectivity index (χ2v) is 3.90. The summed E-state index contributed by atoms with van der Waals surface area (Å²) in [7, 11) is 1.55. The summed E-state index contributed by atoms with van der Waals surface area (Å²) in [5.41, 5.74) is 1.54. The minimum absolute atomic E-state index is 0.176. The Morgan fingerprint density at radius 3 is 2.84 bits per heavy atom. The molecule has 3 rings (SSSR count). The lowest BCUT2D eigenvalue weighted by molar-refractivity contribution is 0.222. The standard InChI is InChI=1S/C13H11N3O3/c1-18-11-6-9(13-15-12(7-17)19-16-13)8-4-2-3-5-10(8)14-11/h2-6,17H,7H2,1H3. The highest BCUT2D eigenvalue weighted by atomic mass is 16.5. The molecule has 0 aliphatic carbocycles. The Hall–Kier alpha value is -2.47. The molecule has 0 spiro atoms. The second kappa shape index (κ2) is 4.66. The molecular weight excluding hydrogens is 246 g/mol. The van der Waals surface area contributed by atoms with Crippen molar-refractivity contribution in [2.45, 2.75) is 6.61 Å². The summed E-state index contributed by atoms with van der Waals surface area (Å²) >= 11 is 0. The summed E-state index contributed by atoms with van der Waals surface area (Å²) in [5, 5.41) is 13.7. The van der Waals surface area contributed by atoms with Gasteiger partial charge in [-0.25, -0.2) is 4.98 Å². The van der Waals surface area contributed by atoms with Gasteiger partial charge in [-0.05, 0) is 6.07 Å². The van der Waals surface area contributed by atoms with E-state index in [2.05, 4.69) is 15.1 Å². The van der Waals surface area contributed by atoms with Gasteiger partial charge in [0.05, 0.1) is 12.6 Å². The van der Waals surface area contributed by atoms with Gasteiger partial charge in [-0.2, -0.15) is 4.98 Å². The van der Waals surface area contributed by atoms with Gasteiger partial charge in [-0.15, -0.1) is 0 Å². The van der Waals surface area contributed by atoms with Crippen LogP contribution in [0.15, 0.2) is 34.9 Å². The molecular formula is C13H11N3O3. The number of nitrogens with zero attached hydrogens (tertiary/aromatic N) is 3. The van der Waals surface area contributed by atoms with Crippen LogP contribution in [0.1, 0.15) is 5.89 Å². The predicted octanol–water partition coefficient (Wildman–Crippen LogP) is 1.79. The Morgan fingerprint density at radius 2 is 2.11 bits per heavy atom. The lowest BCUT2D eigenvalue weighted by atomic mass is 10.1. The van der Waals surface area contributed by atoms with Gasteiger partial charge in [0, 0.05) is 17.0 Å². The van der Waals surface area contributed by atoms with Crippen LogP contribution in [0.3, 0.4) is 0 Å². The molecule has 6 nitrogen and oxygen atoms in total. The number of rotatable bonds is 3. The average molecular weight is 257 g/mol. The number of aliphatic hydroxyl groups is 1. The number of aromatic nitrogens is 3. The SMILES string of the molecule is COc1cc(-c2noc(CO)n2)c2ccccc2n1. The summed E-state index contributed by atoms with van der Waals surface area (Å²) in [6.45, 7) is -0.285. The zero-order valence-corrected chi connectivity index (χ0v) is 10.2. The Balaban J connectivity index is 2.25. The number of ether oxygens (including phenoxy) is 1. The highest BCUT2D eigenvalue weighted by Crippen LogP contribution is 2.28. The average Bonchev–Trinajstić information content (AvgIpc) is 2.94. The molecule has 0 aliphatic rings. The molecule has 0 unspecified atom stereocenters. The van der Waals surface area contributed by atoms with E-state index in [1.165, 1.54) is 0 Å². The lowest BCUT2D eigenvalue weighted by Gasteiger charge is -2.05. The van der Waals surface area contributed by atoms with Crippen molar-refractivity contribution in [2.24, 2.45) is 0 Å². The van der Waals surface area contributed by atoms with E-state index in [0.29, 0.717) is 11.7 Å². The topological polar surface area (TPSA) is 81.3 Å². The second-order valence-electron chi connectivity index (χ2n) is 3.90. The van der Waals surface area contributed by atoms with Crippen molar-refractivity contribution in [3.8, 4) is 17.3 Å². The maximum atomic E-state index is 8.98. The molecule has 2 aromatic heterocycles. The third-order valence-electron chi connectivity index (χ3n) is 2.75. The summed E-state index contributed by atoms with van der Waals surface area (Å²) < 4.78 is 10.1. The highest BCUT2D eigenvalue weighted by Gasteiger charge is 2.13. The molecule has 6 heteroatoms. The Kier molecular flexibility index (Phi) is 2.85. The van der Waals surface area contributed by atoms with Crippen molar-refractivity contribution >= 4 is 10.9 Å². The molecule has 0 bridgehead atoms. The molecule has 0 saturated heterocycles. The van der Waals surface area contributed by atoms with Crippen molar-refractivity contribution in [3.05, 3.63) is 36.2 Å². The fraction of sp³-hybridized carbons (Fsp3) is 0.154. The molecule has 19 heavy (non-hydrogen) atoms. The van der Waals surface area contributed by atoms with E-state index >= 15 is 0 Å². The molecule has 0 atom stereocenters. The number of aliphatic hydroxyl groups excluding tert-OH is 1. The van der Waals surface area contributed by atoms with E-state index in [1.807, 2.05) is 24.3 Å². The van der Waals surface area contributed by atoms with Crippen LogP contribution in [0, 0.1) is 0 Å². The Morgan fingerprint density at radius 1 is 1.26 bits per heavy atom. The smallest absolute Gasteiger partial charge is 0.252 e. The molecule has 0 aliphatic heterocycles. The molecule has 0 radical (unpaired) electrons. The summed E-state index contributed by atoms with van der Waals surface area (Å²) in [6.07, 6.45) is 0. The van der Waals surface area contributed by atoms with Crippen LogP contribution in [-0.2, 0) is 6.61 Å². The normalized spacial score (nSPS) is 10.8. The van der Waals surface area contributed by atoms with E-state index in [1.54, 1.807) is 13.2 Å². The molecule has 0 fully saturated rings. The lowest BCUT2D eigenvalue weighted by Crippen LogP contribution is -1.92. The van der Waals surface area contributed by atoms with Crippen LogP contribution < -0.4 is 4.74 Å². The number of methoxy groups -OCH3 is 1. The number of fused-ring (bicyclic) bond motifs is 1. The van der Waals surface area contributed by atoms with Crippen molar-refractivity contribution < 1.29 is 14.4 Å². The minimum atomic E-state index is -0.285. The Labute approximate surface area is 108 Å². The van der Waals surface area contributed by atoms with Gasteiger partial charge >= 0.3 is 0 Å². The van der Waals surface area contributed by atoms with Crippen molar-refractivity contribution in [3.63, 3.8) is 0 Å². The monoisotopic (exact) mass is 257 g/mol. The number of hydrogen-bond acceptors (Lipinski definition) is 6. The van der Waals surface area contributed by atoms with Gasteiger partial charge in [-0.1, -0.05) is 23.4 Å². The first-order valence-corrected chi connectivity index (χ1v) is 5.69. The Bertz CT molecular complexity index is 724. The van der Waals surface area contributed by atoms with Crippen LogP contribution in [0.2, 0.25) is 0 Å². The minimum Gasteiger partial charge on any atom is -0.481 e. The fourth-order valence-corrected chi connectivity index (χ4v) is 1.87. The van der Waals surface area contributed by atoms with Crippen LogP contribution in [0.25, 0.3) is 22.3 Å². The molecule has 3 aromatic rings. The van der Waals surface area contributed by atoms with Gasteiger partial charge in [0.2, 0.25) is 11.7 Å². The van der Waals surface area contributed by atoms with Gasteiger partial charge < -0.3 is 14.4 Å². The zero-order valence-electron chi connectivity index (χ0n) is 10.2. The van der Waals surface area contributed by atoms with Crippen molar-refractivity contribution in [2.75, 3.05) is 7.11 Å². The van der Waals surface area contributed by atoms with Crippen LogP contribution in [0.4, 0.5) is 0 Å². The first-order chi connectivity index (χ1) is 9.31. The van der Waals surface area contributed by atoms with Gasteiger partial charge in [0.15, 0.2) is 0 Å². The van der Waals surface area contributed by atoms with E-state index < -0.39 is 0 Å². The quantitative estimate of drug-likeness (QED) is 0.770. The fourth-order valence-electron chi connectivity index (χ4n) is 1.87. The van der Waals surface area contributed by atoms with Crippen LogP contribution >= 0.6 is 0 Å². The summed E-state index contributed by atoms with van der Waals surface area (Å²) in [5.74, 6) is 1.06. The molecule has 2 heterocycles. The molecule has 0 saturated carbocycles. The largest absolute Gasteiger partial charge is 0.481 e. The number of para-hydroxylation sites is 1. The first-order valence-electron chi connectivity index (χ1n) is 5.69. The van der Waals surface area contributed by atoms with E-state index in [-0.39, 0.29) is 12.5 Å². The van der Waals surface area contributed by atoms with Crippen molar-refractivity contribution in [1.29, 1.82) is 0 Å². The van der Waals surface area contributed by atoms with Crippen LogP contribution in [0.5, 0.6) is 5.88 Å². The highest BCUT2D eigenvalue weighted by molar-refractivity contribution is 5.93. The predicted molar refractivity (Wildman–Crippen MR) is 67.5 cm³/mol. The zero-order chi connectivity index (χ0) is 13.2. The van der Waals surface area contributed by atoms with E-state index in [4.69, 9.17) is 14.4 Å². The van der Waals surface area contributed by atoms with E-state index in [0.717, 1.165) is 16.5 Å². The maximum absolute atomic E-state index is 8.98. The van der Waals surface area contributed by atoms with Gasteiger partial charge in [0.1, 0.15) is 6.61 Å². The number of pyridine rings is 1. The molecule has 1 N–H and O–H groups in total. The number of hydrogen-bond donors (Lipinski definition) is 1. The molecule has 0 amide bonds. The number of benzene rings is 1. The van der Waals surface area contributed by atoms with Crippen molar-refractivity contribution in [1.82, 2.24) is 15.1 Å². The first kappa shape index (κ1) is 11.6. The summed E-state index contributed by atoms with van der Waals surface area (Å²) in [4.78, 5) is 8.46. The van der Waals surface area contributed by atoms with Crippen LogP contribution in [-0.4, -0.2) is 27.3 Å². The molecule has 96 valence electrons. The summed E-state index contributed by atoms with van der Waals surface area (Å²) in [6, 6.07) is 9.36.